The van der Waals surface area contributed by atoms with Crippen LogP contribution in [0, 0.1) is 0 Å². The van der Waals surface area contributed by atoms with Gasteiger partial charge in [0.25, 0.3) is 0 Å². The number of likely N-dealkylation sites (N-methyl/N-ethyl adjacent to an activating group) is 1. The van der Waals surface area contributed by atoms with E-state index in [0.717, 1.165) is 24.5 Å². The maximum atomic E-state index is 12.2. The number of urea groups is 1. The van der Waals surface area contributed by atoms with Gasteiger partial charge in [-0.15, -0.1) is 0 Å². The van der Waals surface area contributed by atoms with Crippen LogP contribution in [-0.4, -0.2) is 48.3 Å². The summed E-state index contributed by atoms with van der Waals surface area (Å²) in [6.07, 6.45) is 2.39. The molecule has 1 aromatic rings. The van der Waals surface area contributed by atoms with Crippen molar-refractivity contribution in [3.8, 4) is 0 Å². The Labute approximate surface area is 126 Å². The first-order valence-corrected chi connectivity index (χ1v) is 7.45. The molecule has 1 aliphatic heterocycles. The predicted octanol–water partition coefficient (Wildman–Crippen LogP) is 2.52. The number of carbonyl (C=O) groups is 1. The highest BCUT2D eigenvalue weighted by atomic mass is 16.3. The summed E-state index contributed by atoms with van der Waals surface area (Å²) in [5.74, 6) is 0. The molecule has 0 atom stereocenters. The van der Waals surface area contributed by atoms with Gasteiger partial charge in [-0.1, -0.05) is 12.1 Å². The van der Waals surface area contributed by atoms with Gasteiger partial charge in [0.05, 0.1) is 23.5 Å². The lowest BCUT2D eigenvalue weighted by Gasteiger charge is -2.27. The number of hydrogen-bond acceptors (Lipinski definition) is 3. The van der Waals surface area contributed by atoms with Crippen LogP contribution in [0.4, 0.5) is 16.2 Å². The van der Waals surface area contributed by atoms with Gasteiger partial charge in [-0.3, -0.25) is 0 Å². The Morgan fingerprint density at radius 3 is 2.57 bits per heavy atom. The van der Waals surface area contributed by atoms with Crippen LogP contribution in [0.2, 0.25) is 0 Å². The largest absolute Gasteiger partial charge is 0.389 e. The van der Waals surface area contributed by atoms with Crippen LogP contribution in [0.25, 0.3) is 0 Å². The van der Waals surface area contributed by atoms with Crippen molar-refractivity contribution in [1.82, 2.24) is 4.90 Å². The van der Waals surface area contributed by atoms with Gasteiger partial charge in [-0.05, 0) is 38.8 Å². The molecule has 0 saturated carbocycles. The molecule has 2 N–H and O–H groups in total. The number of benzene rings is 1. The number of rotatable bonds is 4. The van der Waals surface area contributed by atoms with Crippen molar-refractivity contribution < 1.29 is 9.90 Å². The lowest BCUT2D eigenvalue weighted by molar-refractivity contribution is 0.0550. The molecule has 1 aliphatic rings. The zero-order valence-corrected chi connectivity index (χ0v) is 13.1. The maximum absolute atomic E-state index is 12.2. The molecule has 2 rings (SSSR count). The van der Waals surface area contributed by atoms with E-state index in [2.05, 4.69) is 10.2 Å². The Balaban J connectivity index is 2.07. The number of amides is 2. The molecule has 0 spiro atoms. The van der Waals surface area contributed by atoms with Crippen LogP contribution in [0.1, 0.15) is 26.7 Å². The monoisotopic (exact) mass is 291 g/mol. The average Bonchev–Trinajstić information content (AvgIpc) is 2.91. The van der Waals surface area contributed by atoms with Crippen molar-refractivity contribution in [2.75, 3.05) is 36.9 Å². The van der Waals surface area contributed by atoms with Crippen molar-refractivity contribution in [3.05, 3.63) is 24.3 Å². The van der Waals surface area contributed by atoms with Crippen LogP contribution >= 0.6 is 0 Å². The number of nitrogens with zero attached hydrogens (tertiary/aromatic N) is 2. The van der Waals surface area contributed by atoms with E-state index < -0.39 is 5.60 Å². The second-order valence-electron chi connectivity index (χ2n) is 6.31. The van der Waals surface area contributed by atoms with E-state index in [0.29, 0.717) is 0 Å². The highest BCUT2D eigenvalue weighted by Gasteiger charge is 2.21. The number of aliphatic hydroxyl groups is 1. The van der Waals surface area contributed by atoms with Gasteiger partial charge in [-0.25, -0.2) is 4.79 Å². The molecule has 1 saturated heterocycles. The number of hydrogen-bond donors (Lipinski definition) is 2. The fraction of sp³-hybridized carbons (Fsp3) is 0.562. The highest BCUT2D eigenvalue weighted by Crippen LogP contribution is 2.28. The molecule has 116 valence electrons. The van der Waals surface area contributed by atoms with E-state index in [1.54, 1.807) is 20.9 Å². The Hall–Kier alpha value is -1.75. The summed E-state index contributed by atoms with van der Waals surface area (Å²) in [7, 11) is 1.69. The third-order valence-electron chi connectivity index (χ3n) is 3.56. The fourth-order valence-electron chi connectivity index (χ4n) is 2.68. The molecular weight excluding hydrogens is 266 g/mol. The molecule has 5 nitrogen and oxygen atoms in total. The smallest absolute Gasteiger partial charge is 0.321 e. The van der Waals surface area contributed by atoms with Crippen molar-refractivity contribution >= 4 is 17.4 Å². The minimum atomic E-state index is -0.902. The normalized spacial score (nSPS) is 15.1. The summed E-state index contributed by atoms with van der Waals surface area (Å²) in [5, 5.41) is 12.7. The first-order valence-electron chi connectivity index (χ1n) is 7.45. The SMILES string of the molecule is CN(CC(C)(C)O)C(=O)Nc1ccccc1N1CCCC1. The minimum absolute atomic E-state index is 0.205. The molecule has 0 bridgehead atoms. The summed E-state index contributed by atoms with van der Waals surface area (Å²) in [6.45, 7) is 5.73. The van der Waals surface area contributed by atoms with Gasteiger partial charge < -0.3 is 20.2 Å². The van der Waals surface area contributed by atoms with E-state index in [-0.39, 0.29) is 12.6 Å². The van der Waals surface area contributed by atoms with Crippen molar-refractivity contribution in [1.29, 1.82) is 0 Å². The number of anilines is 2. The zero-order chi connectivity index (χ0) is 15.5. The summed E-state index contributed by atoms with van der Waals surface area (Å²) < 4.78 is 0. The molecule has 0 radical (unpaired) electrons. The maximum Gasteiger partial charge on any atom is 0.321 e. The molecule has 0 aliphatic carbocycles. The van der Waals surface area contributed by atoms with Gasteiger partial charge in [0.15, 0.2) is 0 Å². The molecule has 1 aromatic carbocycles. The lowest BCUT2D eigenvalue weighted by Crippen LogP contribution is -2.41. The van der Waals surface area contributed by atoms with Crippen LogP contribution in [0.3, 0.4) is 0 Å². The number of para-hydroxylation sites is 2. The van der Waals surface area contributed by atoms with E-state index in [4.69, 9.17) is 0 Å². The first-order chi connectivity index (χ1) is 9.87. The standard InChI is InChI=1S/C16H25N3O2/c1-16(2,21)12-18(3)15(20)17-13-8-4-5-9-14(13)19-10-6-7-11-19/h4-5,8-9,21H,6-7,10-12H2,1-3H3,(H,17,20). The Kier molecular flexibility index (Phi) is 4.73. The van der Waals surface area contributed by atoms with Crippen molar-refractivity contribution in [2.45, 2.75) is 32.3 Å². The van der Waals surface area contributed by atoms with Gasteiger partial charge in [0, 0.05) is 20.1 Å². The summed E-state index contributed by atoms with van der Waals surface area (Å²) in [6, 6.07) is 7.67. The van der Waals surface area contributed by atoms with Crippen LogP contribution in [0.15, 0.2) is 24.3 Å². The number of carbonyl (C=O) groups excluding carboxylic acids is 1. The van der Waals surface area contributed by atoms with Gasteiger partial charge >= 0.3 is 6.03 Å². The molecule has 5 heteroatoms. The van der Waals surface area contributed by atoms with E-state index >= 15 is 0 Å². The molecule has 0 unspecified atom stereocenters. The lowest BCUT2D eigenvalue weighted by atomic mass is 10.1. The Morgan fingerprint density at radius 2 is 1.95 bits per heavy atom. The van der Waals surface area contributed by atoms with Crippen LogP contribution in [-0.2, 0) is 0 Å². The molecular formula is C16H25N3O2. The molecule has 1 heterocycles. The Morgan fingerprint density at radius 1 is 1.33 bits per heavy atom. The summed E-state index contributed by atoms with van der Waals surface area (Å²) >= 11 is 0. The van der Waals surface area contributed by atoms with Gasteiger partial charge in [-0.2, -0.15) is 0 Å². The molecule has 0 aromatic heterocycles. The van der Waals surface area contributed by atoms with Gasteiger partial charge in [0.1, 0.15) is 0 Å². The minimum Gasteiger partial charge on any atom is -0.389 e. The van der Waals surface area contributed by atoms with Crippen molar-refractivity contribution in [2.24, 2.45) is 0 Å². The second-order valence-corrected chi connectivity index (χ2v) is 6.31. The van der Waals surface area contributed by atoms with Crippen LogP contribution < -0.4 is 10.2 Å². The highest BCUT2D eigenvalue weighted by molar-refractivity contribution is 5.93. The molecule has 1 fully saturated rings. The third-order valence-corrected chi connectivity index (χ3v) is 3.56. The van der Waals surface area contributed by atoms with E-state index in [1.807, 2.05) is 24.3 Å². The second kappa shape index (κ2) is 6.35. The topological polar surface area (TPSA) is 55.8 Å². The average molecular weight is 291 g/mol. The van der Waals surface area contributed by atoms with Crippen LogP contribution in [0.5, 0.6) is 0 Å². The predicted molar refractivity (Wildman–Crippen MR) is 85.8 cm³/mol. The van der Waals surface area contributed by atoms with E-state index in [1.165, 1.54) is 17.7 Å². The molecule has 21 heavy (non-hydrogen) atoms. The van der Waals surface area contributed by atoms with E-state index in [9.17, 15) is 9.90 Å². The summed E-state index contributed by atoms with van der Waals surface area (Å²) in [5.41, 5.74) is 0.993. The zero-order valence-electron chi connectivity index (χ0n) is 13.1. The first kappa shape index (κ1) is 15.6. The third kappa shape index (κ3) is 4.36. The van der Waals surface area contributed by atoms with Gasteiger partial charge in [0.2, 0.25) is 0 Å². The Bertz CT molecular complexity index is 491. The number of nitrogens with one attached hydrogen (secondary N) is 1. The molecule has 2 amide bonds. The summed E-state index contributed by atoms with van der Waals surface area (Å²) in [4.78, 5) is 16.0. The fourth-order valence-corrected chi connectivity index (χ4v) is 2.68. The quantitative estimate of drug-likeness (QED) is 0.896. The van der Waals surface area contributed by atoms with Crippen molar-refractivity contribution in [3.63, 3.8) is 0 Å².